The third-order valence-corrected chi connectivity index (χ3v) is 4.71. The molecular weight excluding hydrogens is 262 g/mol. The van der Waals surface area contributed by atoms with Crippen LogP contribution in [0.25, 0.3) is 0 Å². The van der Waals surface area contributed by atoms with Crippen LogP contribution in [0.15, 0.2) is 30.3 Å². The first-order valence-electron chi connectivity index (χ1n) is 7.74. The van der Waals surface area contributed by atoms with Crippen molar-refractivity contribution >= 4 is 5.97 Å². The number of rotatable bonds is 3. The fourth-order valence-corrected chi connectivity index (χ4v) is 3.81. The number of carboxylic acid groups (broad SMARTS) is 1. The molecule has 2 bridgehead atoms. The van der Waals surface area contributed by atoms with Crippen molar-refractivity contribution in [2.45, 2.75) is 44.2 Å². The van der Waals surface area contributed by atoms with Crippen LogP contribution in [0.5, 0.6) is 0 Å². The van der Waals surface area contributed by atoms with Gasteiger partial charge in [0.2, 0.25) is 0 Å². The number of carbonyl (C=O) groups is 1. The zero-order valence-electron chi connectivity index (χ0n) is 12.2. The lowest BCUT2D eigenvalue weighted by Crippen LogP contribution is -2.43. The van der Waals surface area contributed by atoms with Gasteiger partial charge in [-0.3, -0.25) is 9.69 Å². The average Bonchev–Trinajstić information content (AvgIpc) is 2.70. The number of hydrogen-bond donors (Lipinski definition) is 1. The van der Waals surface area contributed by atoms with Gasteiger partial charge >= 0.3 is 5.97 Å². The van der Waals surface area contributed by atoms with Crippen molar-refractivity contribution in [3.8, 4) is 11.8 Å². The van der Waals surface area contributed by atoms with Crippen LogP contribution in [0.2, 0.25) is 0 Å². The summed E-state index contributed by atoms with van der Waals surface area (Å²) >= 11 is 0. The van der Waals surface area contributed by atoms with E-state index in [1.165, 1.54) is 12.8 Å². The van der Waals surface area contributed by atoms with Crippen molar-refractivity contribution in [3.63, 3.8) is 0 Å². The van der Waals surface area contributed by atoms with Gasteiger partial charge in [0, 0.05) is 24.1 Å². The molecule has 1 aromatic rings. The molecule has 2 fully saturated rings. The number of fused-ring (bicyclic) bond motifs is 2. The van der Waals surface area contributed by atoms with Crippen molar-refractivity contribution in [1.82, 2.24) is 4.90 Å². The summed E-state index contributed by atoms with van der Waals surface area (Å²) in [7, 11) is 0. The summed E-state index contributed by atoms with van der Waals surface area (Å²) in [5, 5.41) is 8.96. The van der Waals surface area contributed by atoms with Gasteiger partial charge in [0.1, 0.15) is 0 Å². The highest BCUT2D eigenvalue weighted by molar-refractivity contribution is 5.67. The molecule has 2 atom stereocenters. The van der Waals surface area contributed by atoms with E-state index in [0.29, 0.717) is 24.4 Å². The molecule has 0 saturated carbocycles. The van der Waals surface area contributed by atoms with Gasteiger partial charge in [-0.25, -0.2) is 0 Å². The first-order chi connectivity index (χ1) is 10.2. The Hall–Kier alpha value is -1.79. The van der Waals surface area contributed by atoms with E-state index in [9.17, 15) is 4.79 Å². The average molecular weight is 283 g/mol. The normalized spacial score (nSPS) is 27.9. The summed E-state index contributed by atoms with van der Waals surface area (Å²) < 4.78 is 0. The molecule has 3 heteroatoms. The van der Waals surface area contributed by atoms with Gasteiger partial charge in [-0.2, -0.15) is 0 Å². The molecule has 3 nitrogen and oxygen atoms in total. The summed E-state index contributed by atoms with van der Waals surface area (Å²) in [6, 6.07) is 11.1. The molecule has 0 spiro atoms. The highest BCUT2D eigenvalue weighted by Crippen LogP contribution is 2.39. The minimum absolute atomic E-state index is 0.330. The summed E-state index contributed by atoms with van der Waals surface area (Å²) in [4.78, 5) is 13.4. The molecular formula is C18H21NO2. The second-order valence-corrected chi connectivity index (χ2v) is 6.16. The van der Waals surface area contributed by atoms with Gasteiger partial charge in [0.05, 0.1) is 6.54 Å². The molecule has 2 heterocycles. The number of aliphatic carboxylic acids is 1. The van der Waals surface area contributed by atoms with E-state index in [1.807, 2.05) is 30.3 Å². The van der Waals surface area contributed by atoms with Crippen LogP contribution in [0.3, 0.4) is 0 Å². The third-order valence-electron chi connectivity index (χ3n) is 4.71. The van der Waals surface area contributed by atoms with Crippen LogP contribution in [0, 0.1) is 17.8 Å². The van der Waals surface area contributed by atoms with E-state index in [1.54, 1.807) is 0 Å². The highest BCUT2D eigenvalue weighted by Gasteiger charge is 2.40. The topological polar surface area (TPSA) is 40.5 Å². The Morgan fingerprint density at radius 3 is 2.48 bits per heavy atom. The molecule has 21 heavy (non-hydrogen) atoms. The Balaban J connectivity index is 1.59. The molecule has 0 aliphatic carbocycles. The fraction of sp³-hybridized carbons (Fsp3) is 0.500. The molecule has 0 aromatic heterocycles. The van der Waals surface area contributed by atoms with E-state index >= 15 is 0 Å². The molecule has 110 valence electrons. The predicted octanol–water partition coefficient (Wildman–Crippen LogP) is 2.76. The first-order valence-corrected chi connectivity index (χ1v) is 7.74. The number of carboxylic acids is 1. The standard InChI is InChI=1S/C18H21NO2/c20-18(21)13-15-11-16-8-9-17(12-15)19(16)10-4-7-14-5-2-1-3-6-14/h1-3,5-6,15-17H,8-13H2,(H,20,21). The lowest BCUT2D eigenvalue weighted by atomic mass is 9.88. The Bertz CT molecular complexity index is 544. The molecule has 0 amide bonds. The maximum absolute atomic E-state index is 10.9. The summed E-state index contributed by atoms with van der Waals surface area (Å²) in [5.41, 5.74) is 1.06. The molecule has 1 N–H and O–H groups in total. The highest BCUT2D eigenvalue weighted by atomic mass is 16.4. The number of benzene rings is 1. The summed E-state index contributed by atoms with van der Waals surface area (Å²) in [6.07, 6.45) is 4.78. The number of hydrogen-bond acceptors (Lipinski definition) is 2. The van der Waals surface area contributed by atoms with Crippen LogP contribution in [-0.2, 0) is 4.79 Å². The molecule has 3 rings (SSSR count). The van der Waals surface area contributed by atoms with Crippen molar-refractivity contribution in [2.24, 2.45) is 5.92 Å². The van der Waals surface area contributed by atoms with Crippen LogP contribution in [-0.4, -0.2) is 34.6 Å². The summed E-state index contributed by atoms with van der Waals surface area (Å²) in [5.74, 6) is 6.21. The number of piperidine rings is 1. The van der Waals surface area contributed by atoms with Gasteiger partial charge in [0.15, 0.2) is 0 Å². The van der Waals surface area contributed by atoms with Crippen molar-refractivity contribution in [1.29, 1.82) is 0 Å². The minimum Gasteiger partial charge on any atom is -0.481 e. The van der Waals surface area contributed by atoms with Gasteiger partial charge in [0.25, 0.3) is 0 Å². The maximum atomic E-state index is 10.9. The lowest BCUT2D eigenvalue weighted by molar-refractivity contribution is -0.138. The van der Waals surface area contributed by atoms with Crippen molar-refractivity contribution in [3.05, 3.63) is 35.9 Å². The zero-order valence-corrected chi connectivity index (χ0v) is 12.2. The predicted molar refractivity (Wildman–Crippen MR) is 81.8 cm³/mol. The minimum atomic E-state index is -0.656. The Morgan fingerprint density at radius 1 is 1.19 bits per heavy atom. The third kappa shape index (κ3) is 3.46. The van der Waals surface area contributed by atoms with Crippen LogP contribution >= 0.6 is 0 Å². The quantitative estimate of drug-likeness (QED) is 0.867. The smallest absolute Gasteiger partial charge is 0.303 e. The van der Waals surface area contributed by atoms with Crippen LogP contribution in [0.1, 0.15) is 37.7 Å². The molecule has 0 radical (unpaired) electrons. The lowest BCUT2D eigenvalue weighted by Gasteiger charge is -2.37. The Morgan fingerprint density at radius 2 is 1.86 bits per heavy atom. The van der Waals surface area contributed by atoms with E-state index in [0.717, 1.165) is 24.9 Å². The molecule has 1 aromatic carbocycles. The van der Waals surface area contributed by atoms with Crippen LogP contribution in [0.4, 0.5) is 0 Å². The first kappa shape index (κ1) is 14.2. The summed E-state index contributed by atoms with van der Waals surface area (Å²) in [6.45, 7) is 0.810. The van der Waals surface area contributed by atoms with E-state index < -0.39 is 5.97 Å². The van der Waals surface area contributed by atoms with Gasteiger partial charge in [-0.1, -0.05) is 30.0 Å². The van der Waals surface area contributed by atoms with Gasteiger partial charge in [-0.05, 0) is 43.7 Å². The Labute approximate surface area is 126 Å². The molecule has 2 aliphatic heterocycles. The van der Waals surface area contributed by atoms with Crippen molar-refractivity contribution in [2.75, 3.05) is 6.54 Å². The molecule has 2 saturated heterocycles. The molecule has 2 unspecified atom stereocenters. The second kappa shape index (κ2) is 6.32. The fourth-order valence-electron chi connectivity index (χ4n) is 3.81. The molecule has 2 aliphatic rings. The van der Waals surface area contributed by atoms with Crippen molar-refractivity contribution < 1.29 is 9.90 Å². The number of nitrogens with zero attached hydrogens (tertiary/aromatic N) is 1. The maximum Gasteiger partial charge on any atom is 0.303 e. The monoisotopic (exact) mass is 283 g/mol. The van der Waals surface area contributed by atoms with E-state index in [4.69, 9.17) is 5.11 Å². The SMILES string of the molecule is O=C(O)CC1CC2CCC(C1)N2CC#Cc1ccccc1. The van der Waals surface area contributed by atoms with Gasteiger partial charge < -0.3 is 5.11 Å². The van der Waals surface area contributed by atoms with E-state index in [2.05, 4.69) is 16.7 Å². The Kier molecular flexibility index (Phi) is 4.26. The van der Waals surface area contributed by atoms with E-state index in [-0.39, 0.29) is 0 Å². The van der Waals surface area contributed by atoms with Gasteiger partial charge in [-0.15, -0.1) is 0 Å². The largest absolute Gasteiger partial charge is 0.481 e. The van der Waals surface area contributed by atoms with Crippen LogP contribution < -0.4 is 0 Å². The second-order valence-electron chi connectivity index (χ2n) is 6.16. The zero-order chi connectivity index (χ0) is 14.7.